The first-order valence-corrected chi connectivity index (χ1v) is 8.73. The zero-order chi connectivity index (χ0) is 19.2. The number of carbonyl (C=O) groups excluding carboxylic acids is 2. The van der Waals surface area contributed by atoms with E-state index in [0.29, 0.717) is 13.1 Å². The fourth-order valence-electron chi connectivity index (χ4n) is 3.09. The fourth-order valence-corrected chi connectivity index (χ4v) is 3.09. The molecule has 3 amide bonds. The van der Waals surface area contributed by atoms with Crippen LogP contribution >= 0.6 is 0 Å². The molecule has 0 radical (unpaired) electrons. The Labute approximate surface area is 157 Å². The SMILES string of the molecule is O=C1CC(c2ccccc2)N(C(=O)NCc2ccc(C(=O)O)cc2)CCN1. The first kappa shape index (κ1) is 18.4. The number of urea groups is 1. The Morgan fingerprint density at radius 2 is 1.81 bits per heavy atom. The standard InChI is InChI=1S/C20H21N3O4/c24-18-12-17(15-4-2-1-3-5-15)23(11-10-21-18)20(27)22-13-14-6-8-16(9-7-14)19(25)26/h1-9,17H,10-13H2,(H,21,24)(H,22,27)(H,25,26). The molecule has 1 atom stereocenters. The van der Waals surface area contributed by atoms with Gasteiger partial charge in [-0.05, 0) is 23.3 Å². The molecule has 3 rings (SSSR count). The van der Waals surface area contributed by atoms with Crippen molar-refractivity contribution in [3.05, 3.63) is 71.3 Å². The van der Waals surface area contributed by atoms with E-state index >= 15 is 0 Å². The van der Waals surface area contributed by atoms with Crippen LogP contribution in [0.4, 0.5) is 4.79 Å². The second-order valence-electron chi connectivity index (χ2n) is 6.33. The highest BCUT2D eigenvalue weighted by Crippen LogP contribution is 2.25. The third kappa shape index (κ3) is 4.63. The fraction of sp³-hybridized carbons (Fsp3) is 0.250. The second kappa shape index (κ2) is 8.35. The molecule has 0 saturated carbocycles. The quantitative estimate of drug-likeness (QED) is 0.771. The van der Waals surface area contributed by atoms with Gasteiger partial charge in [0.2, 0.25) is 5.91 Å². The lowest BCUT2D eigenvalue weighted by Crippen LogP contribution is -2.43. The van der Waals surface area contributed by atoms with E-state index in [-0.39, 0.29) is 36.5 Å². The van der Waals surface area contributed by atoms with Crippen molar-refractivity contribution in [3.8, 4) is 0 Å². The summed E-state index contributed by atoms with van der Waals surface area (Å²) in [5, 5.41) is 14.6. The third-order valence-electron chi connectivity index (χ3n) is 4.52. The molecule has 1 heterocycles. The van der Waals surface area contributed by atoms with Crippen molar-refractivity contribution in [2.75, 3.05) is 13.1 Å². The summed E-state index contributed by atoms with van der Waals surface area (Å²) in [6, 6.07) is 15.3. The molecule has 3 N–H and O–H groups in total. The molecule has 0 bridgehead atoms. The molecule has 0 aromatic heterocycles. The molecular formula is C20H21N3O4. The summed E-state index contributed by atoms with van der Waals surface area (Å²) in [5.41, 5.74) is 1.91. The van der Waals surface area contributed by atoms with E-state index < -0.39 is 5.97 Å². The topological polar surface area (TPSA) is 98.7 Å². The molecule has 1 aliphatic heterocycles. The molecule has 2 aromatic rings. The number of nitrogens with one attached hydrogen (secondary N) is 2. The average molecular weight is 367 g/mol. The number of hydrogen-bond acceptors (Lipinski definition) is 3. The van der Waals surface area contributed by atoms with E-state index in [1.54, 1.807) is 17.0 Å². The summed E-state index contributed by atoms with van der Waals surface area (Å²) in [6.07, 6.45) is 0.213. The minimum atomic E-state index is -0.988. The van der Waals surface area contributed by atoms with Gasteiger partial charge in [0.1, 0.15) is 0 Å². The number of nitrogens with zero attached hydrogens (tertiary/aromatic N) is 1. The van der Waals surface area contributed by atoms with E-state index in [2.05, 4.69) is 10.6 Å². The number of carboxylic acids is 1. The molecule has 7 nitrogen and oxygen atoms in total. The monoisotopic (exact) mass is 367 g/mol. The van der Waals surface area contributed by atoms with E-state index in [1.165, 1.54) is 12.1 Å². The first-order chi connectivity index (χ1) is 13.0. The van der Waals surface area contributed by atoms with Crippen LogP contribution in [0.5, 0.6) is 0 Å². The highest BCUT2D eigenvalue weighted by atomic mass is 16.4. The van der Waals surface area contributed by atoms with Crippen LogP contribution < -0.4 is 10.6 Å². The highest BCUT2D eigenvalue weighted by Gasteiger charge is 2.29. The molecule has 7 heteroatoms. The number of hydrogen-bond donors (Lipinski definition) is 3. The third-order valence-corrected chi connectivity index (χ3v) is 4.52. The van der Waals surface area contributed by atoms with Crippen LogP contribution in [0, 0.1) is 0 Å². The predicted molar refractivity (Wildman–Crippen MR) is 99.2 cm³/mol. The molecule has 1 saturated heterocycles. The molecule has 0 spiro atoms. The van der Waals surface area contributed by atoms with E-state index in [0.717, 1.165) is 11.1 Å². The van der Waals surface area contributed by atoms with Crippen LogP contribution in [0.2, 0.25) is 0 Å². The molecule has 1 unspecified atom stereocenters. The number of carboxylic acid groups (broad SMARTS) is 1. The molecule has 1 aliphatic rings. The Kier molecular flexibility index (Phi) is 5.71. The van der Waals surface area contributed by atoms with Crippen molar-refractivity contribution in [1.29, 1.82) is 0 Å². The van der Waals surface area contributed by atoms with Gasteiger partial charge >= 0.3 is 12.0 Å². The minimum Gasteiger partial charge on any atom is -0.478 e. The van der Waals surface area contributed by atoms with Gasteiger partial charge in [0.15, 0.2) is 0 Å². The highest BCUT2D eigenvalue weighted by molar-refractivity contribution is 5.87. The zero-order valence-corrected chi connectivity index (χ0v) is 14.7. The largest absolute Gasteiger partial charge is 0.478 e. The number of amides is 3. The van der Waals surface area contributed by atoms with Crippen LogP contribution in [0.25, 0.3) is 0 Å². The van der Waals surface area contributed by atoms with Gasteiger partial charge in [-0.2, -0.15) is 0 Å². The number of benzene rings is 2. The summed E-state index contributed by atoms with van der Waals surface area (Å²) >= 11 is 0. The maximum Gasteiger partial charge on any atom is 0.335 e. The van der Waals surface area contributed by atoms with Crippen molar-refractivity contribution < 1.29 is 19.5 Å². The Hall–Kier alpha value is -3.35. The molecule has 140 valence electrons. The summed E-state index contributed by atoms with van der Waals surface area (Å²) in [5.74, 6) is -1.07. The van der Waals surface area contributed by atoms with Gasteiger partial charge in [-0.25, -0.2) is 9.59 Å². The summed E-state index contributed by atoms with van der Waals surface area (Å²) in [6.45, 7) is 1.09. The smallest absolute Gasteiger partial charge is 0.335 e. The summed E-state index contributed by atoms with van der Waals surface area (Å²) in [7, 11) is 0. The number of carbonyl (C=O) groups is 3. The molecule has 27 heavy (non-hydrogen) atoms. The van der Waals surface area contributed by atoms with Crippen molar-refractivity contribution in [2.45, 2.75) is 19.0 Å². The van der Waals surface area contributed by atoms with Gasteiger partial charge in [-0.15, -0.1) is 0 Å². The van der Waals surface area contributed by atoms with Crippen molar-refractivity contribution in [1.82, 2.24) is 15.5 Å². The lowest BCUT2D eigenvalue weighted by Gasteiger charge is -2.29. The van der Waals surface area contributed by atoms with Gasteiger partial charge in [0.25, 0.3) is 0 Å². The van der Waals surface area contributed by atoms with Crippen LogP contribution in [0.1, 0.15) is 33.9 Å². The summed E-state index contributed by atoms with van der Waals surface area (Å²) in [4.78, 5) is 37.3. The Bertz CT molecular complexity index is 821. The van der Waals surface area contributed by atoms with Crippen LogP contribution in [0.15, 0.2) is 54.6 Å². The van der Waals surface area contributed by atoms with Gasteiger partial charge < -0.3 is 20.6 Å². The van der Waals surface area contributed by atoms with Crippen LogP contribution in [-0.4, -0.2) is 41.0 Å². The maximum absolute atomic E-state index is 12.8. The first-order valence-electron chi connectivity index (χ1n) is 8.73. The van der Waals surface area contributed by atoms with Crippen LogP contribution in [0.3, 0.4) is 0 Å². The van der Waals surface area contributed by atoms with Gasteiger partial charge in [-0.3, -0.25) is 4.79 Å². The Morgan fingerprint density at radius 3 is 2.48 bits per heavy atom. The molecule has 1 fully saturated rings. The predicted octanol–water partition coefficient (Wildman–Crippen LogP) is 2.16. The van der Waals surface area contributed by atoms with Gasteiger partial charge in [0.05, 0.1) is 18.0 Å². The second-order valence-corrected chi connectivity index (χ2v) is 6.33. The van der Waals surface area contributed by atoms with Gasteiger partial charge in [-0.1, -0.05) is 42.5 Å². The van der Waals surface area contributed by atoms with Crippen molar-refractivity contribution in [2.24, 2.45) is 0 Å². The average Bonchev–Trinajstić information content (AvgIpc) is 2.88. The minimum absolute atomic E-state index is 0.0802. The van der Waals surface area contributed by atoms with E-state index in [9.17, 15) is 14.4 Å². The zero-order valence-electron chi connectivity index (χ0n) is 14.7. The lowest BCUT2D eigenvalue weighted by atomic mass is 10.0. The molecule has 0 aliphatic carbocycles. The normalized spacial score (nSPS) is 17.0. The lowest BCUT2D eigenvalue weighted by molar-refractivity contribution is -0.121. The Morgan fingerprint density at radius 1 is 1.11 bits per heavy atom. The molecular weight excluding hydrogens is 346 g/mol. The Balaban J connectivity index is 1.70. The van der Waals surface area contributed by atoms with E-state index in [1.807, 2.05) is 30.3 Å². The van der Waals surface area contributed by atoms with Gasteiger partial charge in [0, 0.05) is 19.6 Å². The number of aromatic carboxylic acids is 1. The maximum atomic E-state index is 12.8. The van der Waals surface area contributed by atoms with Crippen molar-refractivity contribution in [3.63, 3.8) is 0 Å². The van der Waals surface area contributed by atoms with Crippen molar-refractivity contribution >= 4 is 17.9 Å². The van der Waals surface area contributed by atoms with E-state index in [4.69, 9.17) is 5.11 Å². The summed E-state index contributed by atoms with van der Waals surface area (Å²) < 4.78 is 0. The van der Waals surface area contributed by atoms with Crippen LogP contribution in [-0.2, 0) is 11.3 Å². The molecule has 2 aromatic carbocycles. The number of rotatable bonds is 4.